The first-order valence-corrected chi connectivity index (χ1v) is 7.14. The molecule has 0 aliphatic carbocycles. The van der Waals surface area contributed by atoms with Crippen LogP contribution < -0.4 is 5.32 Å². The Kier molecular flexibility index (Phi) is 5.20. The van der Waals surface area contributed by atoms with Crippen LogP contribution in [-0.2, 0) is 11.3 Å². The normalized spacial score (nSPS) is 11.0. The molecule has 0 saturated heterocycles. The number of nitriles is 1. The summed E-state index contributed by atoms with van der Waals surface area (Å²) in [6.45, 7) is 0.238. The van der Waals surface area contributed by atoms with Gasteiger partial charge in [-0.1, -0.05) is 33.6 Å². The zero-order chi connectivity index (χ0) is 15.2. The minimum Gasteiger partial charge on any atom is -0.465 e. The van der Waals surface area contributed by atoms with E-state index in [1.807, 2.05) is 12.1 Å². The van der Waals surface area contributed by atoms with Crippen molar-refractivity contribution in [3.63, 3.8) is 0 Å². The Labute approximate surface area is 135 Å². The molecule has 2 aromatic rings. The van der Waals surface area contributed by atoms with Gasteiger partial charge in [0.2, 0.25) is 0 Å². The monoisotopic (exact) mass is 364 g/mol. The van der Waals surface area contributed by atoms with Crippen LogP contribution in [-0.4, -0.2) is 5.91 Å². The third-order valence-electron chi connectivity index (χ3n) is 2.65. The third kappa shape index (κ3) is 4.22. The van der Waals surface area contributed by atoms with Crippen LogP contribution in [0, 0.1) is 11.3 Å². The van der Waals surface area contributed by atoms with Crippen molar-refractivity contribution < 1.29 is 9.21 Å². The standard InChI is InChI=1S/C15H10BrClN2O2/c16-12-4-3-10(14(17)7-12)9-19-15(20)11(8-18)6-13-2-1-5-21-13/h1-7H,9H2,(H,19,20)/b11-6+. The van der Waals surface area contributed by atoms with Crippen molar-refractivity contribution in [1.82, 2.24) is 5.32 Å². The molecule has 0 fully saturated rings. The summed E-state index contributed by atoms with van der Waals surface area (Å²) >= 11 is 9.38. The fraction of sp³-hybridized carbons (Fsp3) is 0.0667. The first-order chi connectivity index (χ1) is 10.1. The molecule has 0 bridgehead atoms. The maximum atomic E-state index is 12.0. The Morgan fingerprint density at radius 3 is 2.90 bits per heavy atom. The van der Waals surface area contributed by atoms with Gasteiger partial charge in [-0.2, -0.15) is 5.26 Å². The number of hydrogen-bond donors (Lipinski definition) is 1. The number of rotatable bonds is 4. The maximum absolute atomic E-state index is 12.0. The highest BCUT2D eigenvalue weighted by atomic mass is 79.9. The van der Waals surface area contributed by atoms with Crippen LogP contribution in [0.15, 0.2) is 51.1 Å². The second kappa shape index (κ2) is 7.11. The van der Waals surface area contributed by atoms with Gasteiger partial charge in [-0.3, -0.25) is 4.79 Å². The van der Waals surface area contributed by atoms with Crippen molar-refractivity contribution in [2.75, 3.05) is 0 Å². The lowest BCUT2D eigenvalue weighted by Gasteiger charge is -2.06. The molecule has 1 amide bonds. The van der Waals surface area contributed by atoms with Gasteiger partial charge in [-0.05, 0) is 29.8 Å². The van der Waals surface area contributed by atoms with Crippen LogP contribution in [0.4, 0.5) is 0 Å². The molecule has 0 unspecified atom stereocenters. The van der Waals surface area contributed by atoms with E-state index in [9.17, 15) is 4.79 Å². The number of halogens is 2. The van der Waals surface area contributed by atoms with Crippen LogP contribution in [0.25, 0.3) is 6.08 Å². The quantitative estimate of drug-likeness (QED) is 0.659. The first-order valence-electron chi connectivity index (χ1n) is 5.97. The van der Waals surface area contributed by atoms with Crippen molar-refractivity contribution in [2.45, 2.75) is 6.54 Å². The van der Waals surface area contributed by atoms with E-state index >= 15 is 0 Å². The molecule has 1 heterocycles. The molecule has 1 aromatic carbocycles. The van der Waals surface area contributed by atoms with E-state index in [0.717, 1.165) is 10.0 Å². The van der Waals surface area contributed by atoms with E-state index in [1.54, 1.807) is 24.3 Å². The smallest absolute Gasteiger partial charge is 0.262 e. The zero-order valence-corrected chi connectivity index (χ0v) is 13.1. The largest absolute Gasteiger partial charge is 0.465 e. The highest BCUT2D eigenvalue weighted by Gasteiger charge is 2.10. The summed E-state index contributed by atoms with van der Waals surface area (Å²) in [6.07, 6.45) is 2.86. The van der Waals surface area contributed by atoms with Crippen molar-refractivity contribution in [3.8, 4) is 6.07 Å². The van der Waals surface area contributed by atoms with Crippen molar-refractivity contribution in [3.05, 3.63) is 63.0 Å². The molecule has 2 rings (SSSR count). The van der Waals surface area contributed by atoms with Crippen LogP contribution >= 0.6 is 27.5 Å². The van der Waals surface area contributed by atoms with Crippen molar-refractivity contribution in [2.24, 2.45) is 0 Å². The summed E-state index contributed by atoms with van der Waals surface area (Å²) in [6, 6.07) is 10.6. The minimum atomic E-state index is -0.479. The van der Waals surface area contributed by atoms with Gasteiger partial charge in [0.15, 0.2) is 0 Å². The molecule has 106 valence electrons. The highest BCUT2D eigenvalue weighted by molar-refractivity contribution is 9.10. The number of benzene rings is 1. The fourth-order valence-corrected chi connectivity index (χ4v) is 2.34. The average molecular weight is 366 g/mol. The Morgan fingerprint density at radius 2 is 2.29 bits per heavy atom. The molecule has 1 aromatic heterocycles. The second-order valence-electron chi connectivity index (χ2n) is 4.10. The topological polar surface area (TPSA) is 66.0 Å². The van der Waals surface area contributed by atoms with E-state index < -0.39 is 5.91 Å². The van der Waals surface area contributed by atoms with E-state index in [2.05, 4.69) is 21.2 Å². The average Bonchev–Trinajstić information content (AvgIpc) is 2.96. The van der Waals surface area contributed by atoms with Crippen LogP contribution in [0.5, 0.6) is 0 Å². The number of carbonyl (C=O) groups is 1. The number of hydrogen-bond acceptors (Lipinski definition) is 3. The predicted octanol–water partition coefficient (Wildman–Crippen LogP) is 3.92. The van der Waals surface area contributed by atoms with Crippen LogP contribution in [0.3, 0.4) is 0 Å². The first kappa shape index (κ1) is 15.4. The number of nitrogens with one attached hydrogen (secondary N) is 1. The molecule has 0 radical (unpaired) electrons. The molecular formula is C15H10BrClN2O2. The van der Waals surface area contributed by atoms with Gasteiger partial charge in [0.05, 0.1) is 6.26 Å². The van der Waals surface area contributed by atoms with Gasteiger partial charge in [0.25, 0.3) is 5.91 Å². The summed E-state index contributed by atoms with van der Waals surface area (Å²) in [5.41, 5.74) is 0.738. The SMILES string of the molecule is N#C/C(=C\c1ccco1)C(=O)NCc1ccc(Br)cc1Cl. The summed E-state index contributed by atoms with van der Waals surface area (Å²) in [4.78, 5) is 12.0. The summed E-state index contributed by atoms with van der Waals surface area (Å²) in [5.74, 6) is -0.0312. The highest BCUT2D eigenvalue weighted by Crippen LogP contribution is 2.21. The predicted molar refractivity (Wildman–Crippen MR) is 83.3 cm³/mol. The molecule has 0 saturated carbocycles. The van der Waals surface area contributed by atoms with Gasteiger partial charge >= 0.3 is 0 Å². The van der Waals surface area contributed by atoms with Crippen molar-refractivity contribution in [1.29, 1.82) is 5.26 Å². The Balaban J connectivity index is 2.05. The maximum Gasteiger partial charge on any atom is 0.262 e. The van der Waals surface area contributed by atoms with E-state index in [-0.39, 0.29) is 12.1 Å². The third-order valence-corrected chi connectivity index (χ3v) is 3.49. The molecule has 4 nitrogen and oxygen atoms in total. The minimum absolute atomic E-state index is 0.0295. The summed E-state index contributed by atoms with van der Waals surface area (Å²) in [7, 11) is 0. The van der Waals surface area contributed by atoms with E-state index in [0.29, 0.717) is 10.8 Å². The molecule has 0 aliphatic rings. The molecule has 0 aliphatic heterocycles. The molecule has 21 heavy (non-hydrogen) atoms. The lowest BCUT2D eigenvalue weighted by atomic mass is 10.2. The zero-order valence-electron chi connectivity index (χ0n) is 10.8. The molecule has 1 N–H and O–H groups in total. The van der Waals surface area contributed by atoms with Crippen LogP contribution in [0.1, 0.15) is 11.3 Å². The Morgan fingerprint density at radius 1 is 1.48 bits per heavy atom. The van der Waals surface area contributed by atoms with Gasteiger partial charge < -0.3 is 9.73 Å². The number of amides is 1. The van der Waals surface area contributed by atoms with Gasteiger partial charge in [0.1, 0.15) is 17.4 Å². The molecule has 6 heteroatoms. The second-order valence-corrected chi connectivity index (χ2v) is 5.43. The lowest BCUT2D eigenvalue weighted by Crippen LogP contribution is -2.24. The van der Waals surface area contributed by atoms with E-state index in [1.165, 1.54) is 12.3 Å². The summed E-state index contributed by atoms with van der Waals surface area (Å²) in [5, 5.41) is 12.2. The Bertz CT molecular complexity index is 718. The lowest BCUT2D eigenvalue weighted by molar-refractivity contribution is -0.117. The number of furan rings is 1. The molecule has 0 spiro atoms. The number of carbonyl (C=O) groups excluding carboxylic acids is 1. The summed E-state index contributed by atoms with van der Waals surface area (Å²) < 4.78 is 5.94. The number of nitrogens with zero attached hydrogens (tertiary/aromatic N) is 1. The molecule has 0 atom stereocenters. The van der Waals surface area contributed by atoms with E-state index in [4.69, 9.17) is 21.3 Å². The van der Waals surface area contributed by atoms with Crippen LogP contribution in [0.2, 0.25) is 5.02 Å². The fourth-order valence-electron chi connectivity index (χ4n) is 1.60. The molecular weight excluding hydrogens is 356 g/mol. The Hall–Kier alpha value is -2.03. The van der Waals surface area contributed by atoms with Gasteiger partial charge in [-0.15, -0.1) is 0 Å². The van der Waals surface area contributed by atoms with Gasteiger partial charge in [-0.25, -0.2) is 0 Å². The van der Waals surface area contributed by atoms with Crippen molar-refractivity contribution >= 4 is 39.5 Å². The van der Waals surface area contributed by atoms with Gasteiger partial charge in [0, 0.05) is 22.1 Å².